The second-order valence-corrected chi connectivity index (χ2v) is 7.40. The Bertz CT molecular complexity index is 741. The summed E-state index contributed by atoms with van der Waals surface area (Å²) < 4.78 is 1.67. The normalized spacial score (nSPS) is 11.6. The highest BCUT2D eigenvalue weighted by Gasteiger charge is 2.25. The van der Waals surface area contributed by atoms with E-state index in [1.807, 2.05) is 32.0 Å². The molecule has 0 fully saturated rings. The Morgan fingerprint density at radius 2 is 2.04 bits per heavy atom. The zero-order valence-electron chi connectivity index (χ0n) is 15.3. The SMILES string of the molecule is CCCc1nc(C(=O)N(C)CC(C)(C)CN)nn1-c1ccccc1Cl. The van der Waals surface area contributed by atoms with Gasteiger partial charge in [0.2, 0.25) is 5.82 Å². The molecular formula is C18H26ClN5O. The lowest BCUT2D eigenvalue weighted by Gasteiger charge is -2.28. The van der Waals surface area contributed by atoms with Gasteiger partial charge in [0, 0.05) is 20.0 Å². The zero-order chi connectivity index (χ0) is 18.6. The minimum atomic E-state index is -0.218. The molecule has 1 amide bonds. The first-order valence-corrected chi connectivity index (χ1v) is 8.83. The topological polar surface area (TPSA) is 77.0 Å². The lowest BCUT2D eigenvalue weighted by molar-refractivity contribution is 0.0728. The van der Waals surface area contributed by atoms with Crippen LogP contribution in [-0.2, 0) is 6.42 Å². The van der Waals surface area contributed by atoms with Gasteiger partial charge in [-0.25, -0.2) is 9.67 Å². The standard InChI is InChI=1S/C18H26ClN5O/c1-5-8-15-21-16(17(25)23(4)12-18(2,3)11-20)22-24(15)14-10-7-6-9-13(14)19/h6-7,9-10H,5,8,11-12,20H2,1-4H3. The summed E-state index contributed by atoms with van der Waals surface area (Å²) in [5, 5.41) is 5.01. The largest absolute Gasteiger partial charge is 0.338 e. The third kappa shape index (κ3) is 4.58. The van der Waals surface area contributed by atoms with E-state index in [0.717, 1.165) is 17.9 Å². The number of amides is 1. The summed E-state index contributed by atoms with van der Waals surface area (Å²) in [6.45, 7) is 7.13. The summed E-state index contributed by atoms with van der Waals surface area (Å²) in [4.78, 5) is 18.8. The lowest BCUT2D eigenvalue weighted by Crippen LogP contribution is -2.40. The first-order valence-electron chi connectivity index (χ1n) is 8.45. The molecule has 25 heavy (non-hydrogen) atoms. The number of para-hydroxylation sites is 1. The van der Waals surface area contributed by atoms with Crippen molar-refractivity contribution in [2.45, 2.75) is 33.6 Å². The number of hydrogen-bond acceptors (Lipinski definition) is 4. The molecule has 7 heteroatoms. The molecule has 2 N–H and O–H groups in total. The van der Waals surface area contributed by atoms with Gasteiger partial charge in [-0.15, -0.1) is 5.10 Å². The van der Waals surface area contributed by atoms with Crippen molar-refractivity contribution in [3.05, 3.63) is 40.9 Å². The first kappa shape index (κ1) is 19.4. The second kappa shape index (κ2) is 7.97. The Balaban J connectivity index is 2.35. The third-order valence-electron chi connectivity index (χ3n) is 3.98. The molecule has 2 rings (SSSR count). The van der Waals surface area contributed by atoms with Crippen LogP contribution in [0.1, 0.15) is 43.6 Å². The van der Waals surface area contributed by atoms with Crippen LogP contribution in [-0.4, -0.2) is 45.7 Å². The molecule has 0 radical (unpaired) electrons. The highest BCUT2D eigenvalue weighted by atomic mass is 35.5. The Morgan fingerprint density at radius 1 is 1.36 bits per heavy atom. The Hall–Kier alpha value is -1.92. The maximum atomic E-state index is 12.7. The number of nitrogens with zero attached hydrogens (tertiary/aromatic N) is 4. The summed E-state index contributed by atoms with van der Waals surface area (Å²) >= 11 is 6.29. The van der Waals surface area contributed by atoms with Crippen molar-refractivity contribution in [1.29, 1.82) is 0 Å². The molecule has 6 nitrogen and oxygen atoms in total. The molecule has 0 aliphatic rings. The smallest absolute Gasteiger partial charge is 0.293 e. The van der Waals surface area contributed by atoms with Crippen LogP contribution in [0.4, 0.5) is 0 Å². The fraction of sp³-hybridized carbons (Fsp3) is 0.500. The van der Waals surface area contributed by atoms with Crippen molar-refractivity contribution in [2.75, 3.05) is 20.1 Å². The molecule has 0 spiro atoms. The Kier molecular flexibility index (Phi) is 6.19. The van der Waals surface area contributed by atoms with E-state index >= 15 is 0 Å². The molecule has 136 valence electrons. The Morgan fingerprint density at radius 3 is 2.64 bits per heavy atom. The van der Waals surface area contributed by atoms with Crippen molar-refractivity contribution >= 4 is 17.5 Å². The van der Waals surface area contributed by atoms with Gasteiger partial charge in [-0.2, -0.15) is 0 Å². The van der Waals surface area contributed by atoms with E-state index in [-0.39, 0.29) is 17.1 Å². The first-order chi connectivity index (χ1) is 11.8. The average molecular weight is 364 g/mol. The van der Waals surface area contributed by atoms with Crippen LogP contribution in [0, 0.1) is 5.41 Å². The lowest BCUT2D eigenvalue weighted by atomic mass is 9.93. The van der Waals surface area contributed by atoms with Gasteiger partial charge in [-0.3, -0.25) is 4.79 Å². The number of rotatable bonds is 7. The van der Waals surface area contributed by atoms with E-state index in [2.05, 4.69) is 17.0 Å². The molecule has 0 saturated heterocycles. The molecule has 0 unspecified atom stereocenters. The van der Waals surface area contributed by atoms with Crippen LogP contribution in [0.5, 0.6) is 0 Å². The fourth-order valence-corrected chi connectivity index (χ4v) is 2.80. The van der Waals surface area contributed by atoms with Gasteiger partial charge >= 0.3 is 0 Å². The molecule has 1 heterocycles. The summed E-state index contributed by atoms with van der Waals surface area (Å²) in [5.41, 5.74) is 6.33. The zero-order valence-corrected chi connectivity index (χ0v) is 16.0. The van der Waals surface area contributed by atoms with Crippen LogP contribution in [0.2, 0.25) is 5.02 Å². The van der Waals surface area contributed by atoms with Crippen molar-refractivity contribution in [2.24, 2.45) is 11.1 Å². The maximum Gasteiger partial charge on any atom is 0.293 e. The van der Waals surface area contributed by atoms with Crippen molar-refractivity contribution in [1.82, 2.24) is 19.7 Å². The van der Waals surface area contributed by atoms with Gasteiger partial charge in [0.25, 0.3) is 5.91 Å². The number of hydrogen-bond donors (Lipinski definition) is 1. The number of halogens is 1. The molecule has 0 bridgehead atoms. The van der Waals surface area contributed by atoms with E-state index < -0.39 is 0 Å². The second-order valence-electron chi connectivity index (χ2n) is 6.99. The summed E-state index contributed by atoms with van der Waals surface area (Å²) in [6, 6.07) is 7.41. The van der Waals surface area contributed by atoms with Gasteiger partial charge in [-0.05, 0) is 30.5 Å². The Labute approximate surface area is 154 Å². The van der Waals surface area contributed by atoms with Crippen LogP contribution in [0.15, 0.2) is 24.3 Å². The van der Waals surface area contributed by atoms with E-state index in [4.69, 9.17) is 17.3 Å². The van der Waals surface area contributed by atoms with Crippen LogP contribution < -0.4 is 5.73 Å². The monoisotopic (exact) mass is 363 g/mol. The number of carbonyl (C=O) groups is 1. The number of aromatic nitrogens is 3. The van der Waals surface area contributed by atoms with E-state index in [9.17, 15) is 4.79 Å². The molecule has 0 saturated carbocycles. The molecule has 0 aliphatic heterocycles. The summed E-state index contributed by atoms with van der Waals surface area (Å²) in [5.74, 6) is 0.689. The highest BCUT2D eigenvalue weighted by Crippen LogP contribution is 2.22. The van der Waals surface area contributed by atoms with Gasteiger partial charge in [0.1, 0.15) is 5.82 Å². The van der Waals surface area contributed by atoms with E-state index in [1.165, 1.54) is 0 Å². The van der Waals surface area contributed by atoms with Crippen molar-refractivity contribution in [3.63, 3.8) is 0 Å². The predicted molar refractivity (Wildman–Crippen MR) is 100 cm³/mol. The highest BCUT2D eigenvalue weighted by molar-refractivity contribution is 6.32. The number of benzene rings is 1. The quantitative estimate of drug-likeness (QED) is 0.820. The van der Waals surface area contributed by atoms with E-state index in [1.54, 1.807) is 22.7 Å². The van der Waals surface area contributed by atoms with Gasteiger partial charge in [0.05, 0.1) is 10.7 Å². The molecule has 0 aliphatic carbocycles. The van der Waals surface area contributed by atoms with Crippen molar-refractivity contribution in [3.8, 4) is 5.69 Å². The molecular weight excluding hydrogens is 338 g/mol. The van der Waals surface area contributed by atoms with Gasteiger partial charge < -0.3 is 10.6 Å². The minimum absolute atomic E-state index is 0.165. The summed E-state index contributed by atoms with van der Waals surface area (Å²) in [7, 11) is 1.75. The fourth-order valence-electron chi connectivity index (χ4n) is 2.59. The molecule has 0 atom stereocenters. The minimum Gasteiger partial charge on any atom is -0.338 e. The maximum absolute atomic E-state index is 12.7. The molecule has 2 aromatic rings. The third-order valence-corrected chi connectivity index (χ3v) is 4.30. The predicted octanol–water partition coefficient (Wildman–Crippen LogP) is 2.93. The van der Waals surface area contributed by atoms with Crippen molar-refractivity contribution < 1.29 is 4.79 Å². The average Bonchev–Trinajstić information content (AvgIpc) is 2.98. The summed E-state index contributed by atoms with van der Waals surface area (Å²) in [6.07, 6.45) is 1.61. The van der Waals surface area contributed by atoms with Crippen LogP contribution in [0.3, 0.4) is 0 Å². The van der Waals surface area contributed by atoms with Crippen LogP contribution in [0.25, 0.3) is 5.69 Å². The molecule has 1 aromatic heterocycles. The van der Waals surface area contributed by atoms with E-state index in [0.29, 0.717) is 24.5 Å². The number of carbonyl (C=O) groups excluding carboxylic acids is 1. The van der Waals surface area contributed by atoms with Gasteiger partial charge in [0.15, 0.2) is 0 Å². The number of aryl methyl sites for hydroxylation is 1. The molecule has 1 aromatic carbocycles. The van der Waals surface area contributed by atoms with Gasteiger partial charge in [-0.1, -0.05) is 44.5 Å². The van der Waals surface area contributed by atoms with Crippen LogP contribution >= 0.6 is 11.6 Å². The number of nitrogens with two attached hydrogens (primary N) is 1.